The Morgan fingerprint density at radius 2 is 2.00 bits per heavy atom. The highest BCUT2D eigenvalue weighted by molar-refractivity contribution is 5.54. The quantitative estimate of drug-likeness (QED) is 0.622. The first-order valence-corrected chi connectivity index (χ1v) is 6.28. The SMILES string of the molecule is CCNc1cc([N+](=O)[O-])cc(NCc2ccc(C)o2)n1. The molecule has 20 heavy (non-hydrogen) atoms. The topological polar surface area (TPSA) is 93.2 Å². The van der Waals surface area contributed by atoms with Gasteiger partial charge in [-0.25, -0.2) is 4.98 Å². The third-order valence-corrected chi connectivity index (χ3v) is 2.62. The van der Waals surface area contributed by atoms with Crippen molar-refractivity contribution in [1.82, 2.24) is 4.98 Å². The lowest BCUT2D eigenvalue weighted by Gasteiger charge is -2.07. The van der Waals surface area contributed by atoms with E-state index in [0.717, 1.165) is 11.5 Å². The van der Waals surface area contributed by atoms with Crippen LogP contribution >= 0.6 is 0 Å². The number of hydrogen-bond acceptors (Lipinski definition) is 6. The number of nitrogens with one attached hydrogen (secondary N) is 2. The predicted molar refractivity (Wildman–Crippen MR) is 75.8 cm³/mol. The molecule has 0 radical (unpaired) electrons. The van der Waals surface area contributed by atoms with Crippen LogP contribution in [0.4, 0.5) is 17.3 Å². The molecule has 0 aliphatic rings. The van der Waals surface area contributed by atoms with Crippen molar-refractivity contribution >= 4 is 17.3 Å². The van der Waals surface area contributed by atoms with Gasteiger partial charge in [0.25, 0.3) is 5.69 Å². The molecule has 0 amide bonds. The van der Waals surface area contributed by atoms with E-state index in [1.807, 2.05) is 26.0 Å². The van der Waals surface area contributed by atoms with Gasteiger partial charge in [0.15, 0.2) is 0 Å². The van der Waals surface area contributed by atoms with Gasteiger partial charge in [0.1, 0.15) is 23.2 Å². The molecule has 7 nitrogen and oxygen atoms in total. The van der Waals surface area contributed by atoms with E-state index >= 15 is 0 Å². The molecular formula is C13H16N4O3. The second kappa shape index (κ2) is 6.05. The van der Waals surface area contributed by atoms with E-state index in [1.165, 1.54) is 12.1 Å². The van der Waals surface area contributed by atoms with Gasteiger partial charge in [-0.3, -0.25) is 10.1 Å². The molecule has 0 aliphatic heterocycles. The third-order valence-electron chi connectivity index (χ3n) is 2.62. The van der Waals surface area contributed by atoms with E-state index < -0.39 is 4.92 Å². The highest BCUT2D eigenvalue weighted by Gasteiger charge is 2.11. The molecule has 2 aromatic heterocycles. The van der Waals surface area contributed by atoms with Crippen molar-refractivity contribution in [2.45, 2.75) is 20.4 Å². The molecule has 0 bridgehead atoms. The number of nitro groups is 1. The molecule has 0 saturated heterocycles. The predicted octanol–water partition coefficient (Wildman–Crippen LogP) is 2.94. The van der Waals surface area contributed by atoms with Crippen LogP contribution in [-0.4, -0.2) is 16.5 Å². The molecule has 0 aromatic carbocycles. The number of aromatic nitrogens is 1. The van der Waals surface area contributed by atoms with Crippen LogP contribution in [-0.2, 0) is 6.54 Å². The van der Waals surface area contributed by atoms with Gasteiger partial charge in [-0.05, 0) is 26.0 Å². The Hall–Kier alpha value is -2.57. The molecule has 0 aliphatic carbocycles. The van der Waals surface area contributed by atoms with Crippen molar-refractivity contribution in [1.29, 1.82) is 0 Å². The van der Waals surface area contributed by atoms with E-state index in [4.69, 9.17) is 4.42 Å². The maximum absolute atomic E-state index is 10.9. The number of pyridine rings is 1. The lowest BCUT2D eigenvalue weighted by molar-refractivity contribution is -0.384. The van der Waals surface area contributed by atoms with Crippen LogP contribution in [0.1, 0.15) is 18.4 Å². The van der Waals surface area contributed by atoms with Crippen LogP contribution in [0.3, 0.4) is 0 Å². The molecule has 2 N–H and O–H groups in total. The van der Waals surface area contributed by atoms with Gasteiger partial charge in [-0.1, -0.05) is 0 Å². The summed E-state index contributed by atoms with van der Waals surface area (Å²) in [5, 5.41) is 16.9. The number of anilines is 2. The van der Waals surface area contributed by atoms with Crippen molar-refractivity contribution in [3.63, 3.8) is 0 Å². The monoisotopic (exact) mass is 276 g/mol. The maximum Gasteiger partial charge on any atom is 0.276 e. The normalized spacial score (nSPS) is 10.3. The summed E-state index contributed by atoms with van der Waals surface area (Å²) in [6.07, 6.45) is 0. The smallest absolute Gasteiger partial charge is 0.276 e. The molecule has 0 saturated carbocycles. The first kappa shape index (κ1) is 13.9. The third kappa shape index (κ3) is 3.47. The number of rotatable bonds is 6. The van der Waals surface area contributed by atoms with Crippen LogP contribution in [0.15, 0.2) is 28.7 Å². The van der Waals surface area contributed by atoms with Crippen LogP contribution < -0.4 is 10.6 Å². The molecule has 2 aromatic rings. The molecular weight excluding hydrogens is 260 g/mol. The van der Waals surface area contributed by atoms with E-state index in [9.17, 15) is 10.1 Å². The molecule has 7 heteroatoms. The number of nitrogens with zero attached hydrogens (tertiary/aromatic N) is 2. The van der Waals surface area contributed by atoms with Gasteiger partial charge in [0.2, 0.25) is 0 Å². The molecule has 2 rings (SSSR count). The minimum absolute atomic E-state index is 0.00549. The molecule has 0 spiro atoms. The summed E-state index contributed by atoms with van der Waals surface area (Å²) in [4.78, 5) is 14.7. The Morgan fingerprint density at radius 1 is 1.30 bits per heavy atom. The zero-order valence-corrected chi connectivity index (χ0v) is 11.3. The Kier molecular flexibility index (Phi) is 4.19. The van der Waals surface area contributed by atoms with Crippen LogP contribution in [0.25, 0.3) is 0 Å². The highest BCUT2D eigenvalue weighted by atomic mass is 16.6. The second-order valence-electron chi connectivity index (χ2n) is 4.25. The molecule has 2 heterocycles. The van der Waals surface area contributed by atoms with Crippen molar-refractivity contribution in [2.24, 2.45) is 0 Å². The fourth-order valence-corrected chi connectivity index (χ4v) is 1.74. The second-order valence-corrected chi connectivity index (χ2v) is 4.25. The maximum atomic E-state index is 10.9. The largest absolute Gasteiger partial charge is 0.465 e. The number of hydrogen-bond donors (Lipinski definition) is 2. The van der Waals surface area contributed by atoms with Crippen molar-refractivity contribution in [3.8, 4) is 0 Å². The summed E-state index contributed by atoms with van der Waals surface area (Å²) in [7, 11) is 0. The zero-order valence-electron chi connectivity index (χ0n) is 11.3. The first-order chi connectivity index (χ1) is 9.58. The average molecular weight is 276 g/mol. The number of aryl methyl sites for hydroxylation is 1. The summed E-state index contributed by atoms with van der Waals surface area (Å²) in [5.41, 5.74) is -0.00549. The van der Waals surface area contributed by atoms with Crippen LogP contribution in [0.5, 0.6) is 0 Å². The van der Waals surface area contributed by atoms with Crippen molar-refractivity contribution < 1.29 is 9.34 Å². The van der Waals surface area contributed by atoms with Crippen molar-refractivity contribution in [3.05, 3.63) is 45.9 Å². The fraction of sp³-hybridized carbons (Fsp3) is 0.308. The molecule has 0 unspecified atom stereocenters. The van der Waals surface area contributed by atoms with Crippen LogP contribution in [0, 0.1) is 17.0 Å². The summed E-state index contributed by atoms with van der Waals surface area (Å²) in [6.45, 7) is 4.83. The van der Waals surface area contributed by atoms with Gasteiger partial charge in [0.05, 0.1) is 23.6 Å². The molecule has 0 fully saturated rings. The summed E-state index contributed by atoms with van der Waals surface area (Å²) in [5.74, 6) is 2.48. The van der Waals surface area contributed by atoms with Gasteiger partial charge in [-0.2, -0.15) is 0 Å². The van der Waals surface area contributed by atoms with Gasteiger partial charge < -0.3 is 15.1 Å². The minimum Gasteiger partial charge on any atom is -0.465 e. The van der Waals surface area contributed by atoms with Gasteiger partial charge in [-0.15, -0.1) is 0 Å². The van der Waals surface area contributed by atoms with E-state index in [-0.39, 0.29) is 5.69 Å². The number of furan rings is 1. The van der Waals surface area contributed by atoms with E-state index in [1.54, 1.807) is 0 Å². The Balaban J connectivity index is 2.15. The van der Waals surface area contributed by atoms with Crippen LogP contribution in [0.2, 0.25) is 0 Å². The first-order valence-electron chi connectivity index (χ1n) is 6.28. The lowest BCUT2D eigenvalue weighted by Crippen LogP contribution is -2.05. The van der Waals surface area contributed by atoms with E-state index in [2.05, 4.69) is 15.6 Å². The molecule has 106 valence electrons. The molecule has 0 atom stereocenters. The zero-order chi connectivity index (χ0) is 14.5. The standard InChI is InChI=1S/C13H16N4O3/c1-3-14-12-6-10(17(18)19)7-13(16-12)15-8-11-5-4-9(2)20-11/h4-7H,3,8H2,1-2H3,(H2,14,15,16). The fourth-order valence-electron chi connectivity index (χ4n) is 1.74. The summed E-state index contributed by atoms with van der Waals surface area (Å²) in [6, 6.07) is 6.52. The summed E-state index contributed by atoms with van der Waals surface area (Å²) >= 11 is 0. The van der Waals surface area contributed by atoms with Gasteiger partial charge in [0, 0.05) is 6.54 Å². The Labute approximate surface area is 116 Å². The highest BCUT2D eigenvalue weighted by Crippen LogP contribution is 2.21. The van der Waals surface area contributed by atoms with E-state index in [0.29, 0.717) is 24.7 Å². The minimum atomic E-state index is -0.440. The average Bonchev–Trinajstić information content (AvgIpc) is 2.82. The summed E-state index contributed by atoms with van der Waals surface area (Å²) < 4.78 is 5.42. The van der Waals surface area contributed by atoms with Gasteiger partial charge >= 0.3 is 0 Å². The Morgan fingerprint density at radius 3 is 2.55 bits per heavy atom. The lowest BCUT2D eigenvalue weighted by atomic mass is 10.3. The van der Waals surface area contributed by atoms with Crippen molar-refractivity contribution in [2.75, 3.05) is 17.2 Å². The Bertz CT molecular complexity index is 609.